The average Bonchev–Trinajstić information content (AvgIpc) is 3.06. The van der Waals surface area contributed by atoms with Crippen molar-refractivity contribution in [2.45, 2.75) is 135 Å². The smallest absolute Gasteiger partial charge is 0.362 e. The van der Waals surface area contributed by atoms with Crippen LogP contribution in [0.3, 0.4) is 0 Å². The lowest BCUT2D eigenvalue weighted by molar-refractivity contribution is -0.887. The van der Waals surface area contributed by atoms with E-state index >= 15 is 0 Å². The van der Waals surface area contributed by atoms with E-state index in [1.54, 1.807) is 0 Å². The maximum Gasteiger partial charge on any atom is 0.362 e. The Balaban J connectivity index is 4.52. The summed E-state index contributed by atoms with van der Waals surface area (Å²) in [6, 6.07) is -0.629. The maximum atomic E-state index is 12.6. The first-order valence-electron chi connectivity index (χ1n) is 19.0. The Labute approximate surface area is 304 Å². The summed E-state index contributed by atoms with van der Waals surface area (Å²) >= 11 is 0. The molecule has 0 aromatic carbocycles. The summed E-state index contributed by atoms with van der Waals surface area (Å²) in [5.41, 5.74) is 0. The molecule has 0 aromatic rings. The lowest BCUT2D eigenvalue weighted by Crippen LogP contribution is -2.50. The Bertz CT molecular complexity index is 1050. The third kappa shape index (κ3) is 30.8. The highest BCUT2D eigenvalue weighted by Crippen LogP contribution is 2.11. The second kappa shape index (κ2) is 32.9. The van der Waals surface area contributed by atoms with E-state index in [-0.39, 0.29) is 49.1 Å². The quantitative estimate of drug-likeness (QED) is 0.0323. The summed E-state index contributed by atoms with van der Waals surface area (Å²) in [7, 11) is 5.47. The zero-order chi connectivity index (χ0) is 37.1. The molecule has 0 radical (unpaired) electrons. The molecule has 1 N–H and O–H groups in total. The second-order valence-corrected chi connectivity index (χ2v) is 13.4. The maximum absolute atomic E-state index is 12.6. The summed E-state index contributed by atoms with van der Waals surface area (Å²) in [4.78, 5) is 36.7. The summed E-state index contributed by atoms with van der Waals surface area (Å²) in [5.74, 6) is -1.60. The summed E-state index contributed by atoms with van der Waals surface area (Å²) in [6.45, 7) is 4.45. The molecular formula is C42H70NO7+. The molecule has 0 spiro atoms. The number of carboxylic acids is 1. The molecule has 50 heavy (non-hydrogen) atoms. The highest BCUT2D eigenvalue weighted by Gasteiger charge is 2.31. The summed E-state index contributed by atoms with van der Waals surface area (Å²) in [6.07, 6.45) is 39.7. The molecule has 0 saturated carbocycles. The van der Waals surface area contributed by atoms with Crippen LogP contribution in [0.15, 0.2) is 72.9 Å². The molecule has 0 aromatic heterocycles. The van der Waals surface area contributed by atoms with Gasteiger partial charge in [-0.25, -0.2) is 4.79 Å². The third-order valence-corrected chi connectivity index (χ3v) is 7.84. The van der Waals surface area contributed by atoms with E-state index in [4.69, 9.17) is 14.2 Å². The van der Waals surface area contributed by atoms with E-state index in [2.05, 4.69) is 86.8 Å². The van der Waals surface area contributed by atoms with Crippen molar-refractivity contribution >= 4 is 17.9 Å². The molecule has 0 amide bonds. The van der Waals surface area contributed by atoms with Crippen LogP contribution in [0.25, 0.3) is 0 Å². The Hall–Kier alpha value is -3.23. The molecule has 0 rings (SSSR count). The van der Waals surface area contributed by atoms with Gasteiger partial charge in [0, 0.05) is 19.3 Å². The molecule has 284 valence electrons. The number of hydrogen-bond acceptors (Lipinski definition) is 6. The van der Waals surface area contributed by atoms with Gasteiger partial charge in [-0.3, -0.25) is 9.59 Å². The highest BCUT2D eigenvalue weighted by atomic mass is 16.6. The Morgan fingerprint density at radius 2 is 1.12 bits per heavy atom. The van der Waals surface area contributed by atoms with Gasteiger partial charge in [0.05, 0.1) is 34.4 Å². The minimum absolute atomic E-state index is 0.0265. The van der Waals surface area contributed by atoms with E-state index in [0.717, 1.165) is 51.4 Å². The molecular weight excluding hydrogens is 630 g/mol. The van der Waals surface area contributed by atoms with Crippen molar-refractivity contribution in [1.82, 2.24) is 0 Å². The molecule has 0 fully saturated rings. The van der Waals surface area contributed by atoms with Gasteiger partial charge in [-0.2, -0.15) is 0 Å². The molecule has 0 aliphatic carbocycles. The second-order valence-electron chi connectivity index (χ2n) is 13.4. The van der Waals surface area contributed by atoms with Crippen molar-refractivity contribution in [2.24, 2.45) is 0 Å². The Morgan fingerprint density at radius 3 is 1.64 bits per heavy atom. The Kier molecular flexibility index (Phi) is 30.8. The number of carboxylic acid groups (broad SMARTS) is 1. The van der Waals surface area contributed by atoms with Gasteiger partial charge in [-0.1, -0.05) is 99.6 Å². The first-order valence-corrected chi connectivity index (χ1v) is 19.0. The number of nitrogens with zero attached hydrogens (tertiary/aromatic N) is 1. The summed E-state index contributed by atoms with van der Waals surface area (Å²) in [5, 5.41) is 9.57. The minimum atomic E-state index is -0.892. The first kappa shape index (κ1) is 46.8. The normalized spacial score (nSPS) is 13.9. The van der Waals surface area contributed by atoms with Gasteiger partial charge in [0.1, 0.15) is 6.61 Å². The standard InChI is InChI=1S/C42H69NO7/c1-6-8-10-12-14-16-17-18-19-20-21-22-23-25-26-28-30-32-40(44)49-37-38(36-48-35-34-39(42(46)47)43(3,4)5)50-41(45)33-31-29-27-24-15-13-11-9-7-2/h9,11,14-16,18-19,21-22,24-26,38-39H,6-8,10,12-13,17,20,23,27-37H2,1-5H3/p+1/b11-9+,16-14+,19-18+,22-21+,24-15+,26-25+. The van der Waals surface area contributed by atoms with Crippen LogP contribution >= 0.6 is 0 Å². The van der Waals surface area contributed by atoms with Crippen LogP contribution in [0, 0.1) is 0 Å². The van der Waals surface area contributed by atoms with Crippen molar-refractivity contribution in [2.75, 3.05) is 41.0 Å². The molecule has 2 atom stereocenters. The molecule has 8 heteroatoms. The lowest BCUT2D eigenvalue weighted by Gasteiger charge is -2.31. The number of carbonyl (C=O) groups excluding carboxylic acids is 2. The predicted molar refractivity (Wildman–Crippen MR) is 206 cm³/mol. The van der Waals surface area contributed by atoms with E-state index in [9.17, 15) is 19.5 Å². The fourth-order valence-corrected chi connectivity index (χ4v) is 4.88. The van der Waals surface area contributed by atoms with Gasteiger partial charge in [0.2, 0.25) is 0 Å². The number of esters is 2. The number of carbonyl (C=O) groups is 3. The number of allylic oxidation sites excluding steroid dienone is 12. The third-order valence-electron chi connectivity index (χ3n) is 7.84. The molecule has 8 nitrogen and oxygen atoms in total. The fourth-order valence-electron chi connectivity index (χ4n) is 4.88. The average molecular weight is 701 g/mol. The topological polar surface area (TPSA) is 99.1 Å². The van der Waals surface area contributed by atoms with E-state index < -0.39 is 18.1 Å². The molecule has 0 aliphatic heterocycles. The number of aliphatic carboxylic acids is 1. The number of unbranched alkanes of at least 4 members (excludes halogenated alkanes) is 6. The number of hydrogen-bond donors (Lipinski definition) is 1. The lowest BCUT2D eigenvalue weighted by atomic mass is 10.1. The fraction of sp³-hybridized carbons (Fsp3) is 0.643. The number of rotatable bonds is 32. The van der Waals surface area contributed by atoms with Crippen molar-refractivity contribution in [3.8, 4) is 0 Å². The van der Waals surface area contributed by atoms with Crippen LogP contribution in [0.4, 0.5) is 0 Å². The molecule has 2 unspecified atom stereocenters. The van der Waals surface area contributed by atoms with Gasteiger partial charge in [-0.05, 0) is 77.0 Å². The zero-order valence-corrected chi connectivity index (χ0v) is 32.1. The van der Waals surface area contributed by atoms with Gasteiger partial charge >= 0.3 is 17.9 Å². The summed E-state index contributed by atoms with van der Waals surface area (Å²) < 4.78 is 17.1. The molecule has 0 bridgehead atoms. The number of quaternary nitrogens is 1. The molecule has 0 saturated heterocycles. The van der Waals surface area contributed by atoms with Gasteiger partial charge in [0.25, 0.3) is 0 Å². The number of ether oxygens (including phenoxy) is 3. The SMILES string of the molecule is CC/C=C/C/C=C/CCCCC(=O)OC(COCCC(C(=O)O)[N+](C)(C)C)COC(=O)CCC/C=C/C/C=C/C/C=C/C/C=C/CCCCC. The van der Waals surface area contributed by atoms with Crippen LogP contribution in [-0.2, 0) is 28.6 Å². The highest BCUT2D eigenvalue weighted by molar-refractivity contribution is 5.72. The van der Waals surface area contributed by atoms with Crippen molar-refractivity contribution in [1.29, 1.82) is 0 Å². The van der Waals surface area contributed by atoms with Gasteiger partial charge in [0.15, 0.2) is 12.1 Å². The Morgan fingerprint density at radius 1 is 0.620 bits per heavy atom. The van der Waals surface area contributed by atoms with Gasteiger partial charge < -0.3 is 23.8 Å². The molecule has 0 aliphatic rings. The van der Waals surface area contributed by atoms with E-state index in [0.29, 0.717) is 19.3 Å². The van der Waals surface area contributed by atoms with E-state index in [1.807, 2.05) is 21.1 Å². The van der Waals surface area contributed by atoms with Gasteiger partial charge in [-0.15, -0.1) is 0 Å². The zero-order valence-electron chi connectivity index (χ0n) is 32.1. The molecule has 0 heterocycles. The predicted octanol–water partition coefficient (Wildman–Crippen LogP) is 9.63. The van der Waals surface area contributed by atoms with Crippen molar-refractivity contribution in [3.05, 3.63) is 72.9 Å². The van der Waals surface area contributed by atoms with Crippen molar-refractivity contribution < 1.29 is 38.2 Å². The number of likely N-dealkylation sites (N-methyl/N-ethyl adjacent to an activating group) is 1. The minimum Gasteiger partial charge on any atom is -0.477 e. The monoisotopic (exact) mass is 701 g/mol. The van der Waals surface area contributed by atoms with Crippen LogP contribution in [0.2, 0.25) is 0 Å². The largest absolute Gasteiger partial charge is 0.477 e. The van der Waals surface area contributed by atoms with E-state index in [1.165, 1.54) is 25.7 Å². The van der Waals surface area contributed by atoms with Crippen molar-refractivity contribution in [3.63, 3.8) is 0 Å². The van der Waals surface area contributed by atoms with Crippen LogP contribution in [-0.4, -0.2) is 80.6 Å². The van der Waals surface area contributed by atoms with Crippen LogP contribution in [0.1, 0.15) is 123 Å². The van der Waals surface area contributed by atoms with Crippen LogP contribution < -0.4 is 0 Å². The first-order chi connectivity index (χ1) is 24.1. The van der Waals surface area contributed by atoms with Crippen LogP contribution in [0.5, 0.6) is 0 Å².